The van der Waals surface area contributed by atoms with E-state index in [0.717, 1.165) is 6.66 Å². The zero-order chi connectivity index (χ0) is 16.2. The average molecular weight is 311 g/mol. The second-order valence-corrected chi connectivity index (χ2v) is 5.59. The van der Waals surface area contributed by atoms with Crippen LogP contribution in [0.2, 0.25) is 0 Å². The van der Waals surface area contributed by atoms with Gasteiger partial charge in [-0.05, 0) is 0 Å². The number of hydrogen-bond acceptors (Lipinski definition) is 7. The largest absolute Gasteiger partial charge is 0.400 e. The highest BCUT2D eigenvalue weighted by Crippen LogP contribution is 2.38. The lowest BCUT2D eigenvalue weighted by atomic mass is 10.0. The summed E-state index contributed by atoms with van der Waals surface area (Å²) in [4.78, 5) is 23.2. The van der Waals surface area contributed by atoms with Crippen LogP contribution in [0.25, 0.3) is 0 Å². The molecular formula is C12H24O7P+. The second-order valence-electron chi connectivity index (χ2n) is 3.85. The van der Waals surface area contributed by atoms with Crippen molar-refractivity contribution in [2.24, 2.45) is 0 Å². The normalized spacial score (nSPS) is 10.8. The van der Waals surface area contributed by atoms with Crippen molar-refractivity contribution in [2.45, 2.75) is 19.1 Å². The third-order valence-electron chi connectivity index (χ3n) is 1.83. The third kappa shape index (κ3) is 15.4. The van der Waals surface area contributed by atoms with E-state index in [9.17, 15) is 10.2 Å². The molecule has 7 nitrogen and oxygen atoms in total. The van der Waals surface area contributed by atoms with Crippen LogP contribution < -0.4 is 0 Å². The summed E-state index contributed by atoms with van der Waals surface area (Å²) in [5.41, 5.74) is 0.544. The molecule has 20 heavy (non-hydrogen) atoms. The van der Waals surface area contributed by atoms with E-state index < -0.39 is 13.7 Å². The van der Waals surface area contributed by atoms with E-state index in [2.05, 4.69) is 0 Å². The van der Waals surface area contributed by atoms with Crippen molar-refractivity contribution in [1.29, 1.82) is 0 Å². The van der Waals surface area contributed by atoms with Crippen LogP contribution in [0.1, 0.15) is 18.9 Å². The minimum Gasteiger partial charge on any atom is -0.394 e. The summed E-state index contributed by atoms with van der Waals surface area (Å²) < 4.78 is 0. The van der Waals surface area contributed by atoms with E-state index in [1.54, 1.807) is 31.2 Å². The van der Waals surface area contributed by atoms with Crippen LogP contribution in [-0.4, -0.2) is 55.0 Å². The highest BCUT2D eigenvalue weighted by Gasteiger charge is 2.21. The minimum absolute atomic E-state index is 0.125. The molecule has 0 aliphatic rings. The first kappa shape index (κ1) is 21.7. The van der Waals surface area contributed by atoms with Crippen molar-refractivity contribution in [3.8, 4) is 0 Å². The smallest absolute Gasteiger partial charge is 0.394 e. The van der Waals surface area contributed by atoms with Gasteiger partial charge in [0.05, 0.1) is 13.2 Å². The Morgan fingerprint density at radius 3 is 1.55 bits per heavy atom. The summed E-state index contributed by atoms with van der Waals surface area (Å²) >= 11 is 0. The topological polar surface area (TPSA) is 142 Å². The van der Waals surface area contributed by atoms with Gasteiger partial charge < -0.3 is 20.4 Å². The summed E-state index contributed by atoms with van der Waals surface area (Å²) in [5.74, 6) is -1.67. The summed E-state index contributed by atoms with van der Waals surface area (Å²) in [5, 5.41) is 34.0. The molecule has 1 aromatic carbocycles. The second kappa shape index (κ2) is 11.1. The molecule has 7 N–H and O–H groups in total. The first-order valence-corrected chi connectivity index (χ1v) is 7.94. The van der Waals surface area contributed by atoms with Crippen LogP contribution in [0.3, 0.4) is 0 Å². The fraction of sp³-hybridized carbons (Fsp3) is 0.500. The molecular weight excluding hydrogens is 287 g/mol. The van der Waals surface area contributed by atoms with E-state index in [0.29, 0.717) is 12.0 Å². The maximum Gasteiger partial charge on any atom is 0.400 e. The molecule has 8 heteroatoms. The van der Waals surface area contributed by atoms with Gasteiger partial charge in [0.2, 0.25) is 0 Å². The zero-order valence-corrected chi connectivity index (χ0v) is 12.5. The van der Waals surface area contributed by atoms with Crippen molar-refractivity contribution in [1.82, 2.24) is 0 Å². The molecule has 0 bridgehead atoms. The Balaban J connectivity index is 0. The zero-order valence-electron chi connectivity index (χ0n) is 11.6. The van der Waals surface area contributed by atoms with Gasteiger partial charge >= 0.3 is 7.94 Å². The molecule has 1 rings (SSSR count). The molecule has 0 heterocycles. The molecule has 0 aliphatic carbocycles. The van der Waals surface area contributed by atoms with Crippen LogP contribution in [-0.2, 0) is 5.79 Å². The lowest BCUT2D eigenvalue weighted by molar-refractivity contribution is -0.171. The number of benzene rings is 1. The van der Waals surface area contributed by atoms with Crippen molar-refractivity contribution >= 4 is 7.94 Å². The van der Waals surface area contributed by atoms with Crippen LogP contribution in [0.5, 0.6) is 0 Å². The highest BCUT2D eigenvalue weighted by molar-refractivity contribution is 7.57. The van der Waals surface area contributed by atoms with Gasteiger partial charge in [-0.1, -0.05) is 37.3 Å². The molecule has 118 valence electrons. The SMILES string of the molecule is CCC(O)(O)c1ccccc1.C[P+](O)(O)O.OCCO. The molecule has 0 saturated carbocycles. The van der Waals surface area contributed by atoms with Crippen LogP contribution in [0.15, 0.2) is 30.3 Å². The van der Waals surface area contributed by atoms with Gasteiger partial charge in [0, 0.05) is 12.0 Å². The van der Waals surface area contributed by atoms with Crippen molar-refractivity contribution in [3.63, 3.8) is 0 Å². The molecule has 1 aromatic rings. The van der Waals surface area contributed by atoms with Gasteiger partial charge in [-0.2, -0.15) is 14.7 Å². The molecule has 0 saturated heterocycles. The quantitative estimate of drug-likeness (QED) is 0.296. The van der Waals surface area contributed by atoms with Crippen LogP contribution in [0, 0.1) is 0 Å². The predicted octanol–water partition coefficient (Wildman–Crippen LogP) is -0.439. The Labute approximate surface area is 119 Å². The van der Waals surface area contributed by atoms with Crippen LogP contribution in [0.4, 0.5) is 0 Å². The summed E-state index contributed by atoms with van der Waals surface area (Å²) in [6.45, 7) is 2.44. The molecule has 0 unspecified atom stereocenters. The van der Waals surface area contributed by atoms with E-state index in [1.165, 1.54) is 0 Å². The number of aliphatic hydroxyl groups excluding tert-OH is 2. The fourth-order valence-electron chi connectivity index (χ4n) is 0.909. The molecule has 0 fully saturated rings. The van der Waals surface area contributed by atoms with Crippen molar-refractivity contribution < 1.29 is 35.1 Å². The number of hydrogen-bond donors (Lipinski definition) is 7. The minimum atomic E-state index is -3.39. The van der Waals surface area contributed by atoms with E-state index >= 15 is 0 Å². The van der Waals surface area contributed by atoms with Crippen molar-refractivity contribution in [3.05, 3.63) is 35.9 Å². The Kier molecular flexibility index (Phi) is 12.0. The van der Waals surface area contributed by atoms with Gasteiger partial charge in [0.15, 0.2) is 5.79 Å². The van der Waals surface area contributed by atoms with Crippen LogP contribution >= 0.6 is 7.94 Å². The average Bonchev–Trinajstić information content (AvgIpc) is 2.38. The Morgan fingerprint density at radius 2 is 1.30 bits per heavy atom. The summed E-state index contributed by atoms with van der Waals surface area (Å²) in [6.07, 6.45) is 0.303. The number of aliphatic hydroxyl groups is 4. The Morgan fingerprint density at radius 1 is 0.950 bits per heavy atom. The third-order valence-corrected chi connectivity index (χ3v) is 1.83. The molecule has 0 radical (unpaired) electrons. The van der Waals surface area contributed by atoms with Gasteiger partial charge in [0.25, 0.3) is 0 Å². The Bertz CT molecular complexity index is 316. The van der Waals surface area contributed by atoms with E-state index in [-0.39, 0.29) is 13.2 Å². The number of rotatable bonds is 3. The van der Waals surface area contributed by atoms with E-state index in [4.69, 9.17) is 24.9 Å². The molecule has 0 amide bonds. The van der Waals surface area contributed by atoms with Gasteiger partial charge in [-0.25, -0.2) is 0 Å². The summed E-state index contributed by atoms with van der Waals surface area (Å²) in [7, 11) is -3.39. The first-order valence-electron chi connectivity index (χ1n) is 5.85. The molecule has 0 aliphatic heterocycles. The monoisotopic (exact) mass is 311 g/mol. The first-order chi connectivity index (χ1) is 9.08. The highest BCUT2D eigenvalue weighted by atomic mass is 31.2. The lowest BCUT2D eigenvalue weighted by Crippen LogP contribution is -2.23. The predicted molar refractivity (Wildman–Crippen MR) is 76.5 cm³/mol. The lowest BCUT2D eigenvalue weighted by Gasteiger charge is -2.19. The molecule has 0 atom stereocenters. The van der Waals surface area contributed by atoms with E-state index in [1.807, 2.05) is 6.07 Å². The maximum atomic E-state index is 9.35. The van der Waals surface area contributed by atoms with Gasteiger partial charge in [-0.15, -0.1) is 0 Å². The maximum absolute atomic E-state index is 9.35. The Hall–Kier alpha value is -0.630. The fourth-order valence-corrected chi connectivity index (χ4v) is 0.909. The molecule has 0 spiro atoms. The standard InChI is InChI=1S/C9H12O2.C2H6O2.CH6O3P/c1-2-9(10,11)8-6-4-3-5-7-8;3-1-2-4;1-5(2,3)4/h3-7,10-11H,2H2,1H3;3-4H,1-2H2;2-4H,1H3/q;;+1. The molecule has 0 aromatic heterocycles. The van der Waals surface area contributed by atoms with Crippen molar-refractivity contribution in [2.75, 3.05) is 19.9 Å². The van der Waals surface area contributed by atoms with Gasteiger partial charge in [0.1, 0.15) is 6.66 Å². The summed E-state index contributed by atoms with van der Waals surface area (Å²) in [6, 6.07) is 8.81. The van der Waals surface area contributed by atoms with Gasteiger partial charge in [-0.3, -0.25) is 0 Å².